The van der Waals surface area contributed by atoms with Crippen LogP contribution in [0.4, 0.5) is 4.39 Å². The van der Waals surface area contributed by atoms with Crippen molar-refractivity contribution in [3.8, 4) is 40.0 Å². The van der Waals surface area contributed by atoms with Crippen molar-refractivity contribution in [1.29, 1.82) is 0 Å². The lowest BCUT2D eigenvalue weighted by Crippen LogP contribution is -2.38. The van der Waals surface area contributed by atoms with Crippen LogP contribution in [0, 0.1) is 23.6 Å². The number of fused-ring (bicyclic) bond motifs is 4. The van der Waals surface area contributed by atoms with Crippen LogP contribution in [-0.4, -0.2) is 61.8 Å². The molecule has 45 heavy (non-hydrogen) atoms. The molecule has 1 aliphatic heterocycles. The molecule has 3 atom stereocenters. The van der Waals surface area contributed by atoms with Crippen LogP contribution in [0.3, 0.4) is 0 Å². The molecule has 0 spiro atoms. The fourth-order valence-electron chi connectivity index (χ4n) is 7.64. The third-order valence-corrected chi connectivity index (χ3v) is 10.3. The minimum absolute atomic E-state index is 0.0409. The molecule has 2 aromatic carbocycles. The maximum atomic E-state index is 15.0. The molecule has 0 radical (unpaired) electrons. The number of ether oxygens (including phenoxy) is 2. The van der Waals surface area contributed by atoms with Crippen LogP contribution in [0.15, 0.2) is 42.5 Å². The highest BCUT2D eigenvalue weighted by Gasteiger charge is 2.46. The van der Waals surface area contributed by atoms with Crippen LogP contribution in [-0.2, 0) is 13.6 Å². The summed E-state index contributed by atoms with van der Waals surface area (Å²) in [4.78, 5) is 25.8. The van der Waals surface area contributed by atoms with Gasteiger partial charge in [-0.25, -0.2) is 14.4 Å². The summed E-state index contributed by atoms with van der Waals surface area (Å²) in [5, 5.41) is 11.0. The number of aromatic nitrogens is 4. The van der Waals surface area contributed by atoms with Crippen molar-refractivity contribution in [3.05, 3.63) is 53.8 Å². The zero-order valence-electron chi connectivity index (χ0n) is 25.9. The predicted octanol–water partition coefficient (Wildman–Crippen LogP) is 6.40. The van der Waals surface area contributed by atoms with E-state index in [0.29, 0.717) is 46.3 Å². The number of benzene rings is 2. The van der Waals surface area contributed by atoms with Gasteiger partial charge in [-0.1, -0.05) is 6.92 Å². The van der Waals surface area contributed by atoms with E-state index in [9.17, 15) is 9.90 Å². The Morgan fingerprint density at radius 1 is 1.02 bits per heavy atom. The third kappa shape index (κ3) is 4.36. The molecule has 9 nitrogen and oxygen atoms in total. The Morgan fingerprint density at radius 2 is 1.82 bits per heavy atom. The molecule has 2 aliphatic carbocycles. The fraction of sp³-hybridized carbons (Fsp3) is 0.400. The van der Waals surface area contributed by atoms with Crippen molar-refractivity contribution in [2.45, 2.75) is 45.2 Å². The van der Waals surface area contributed by atoms with Gasteiger partial charge in [0.1, 0.15) is 22.7 Å². The lowest BCUT2D eigenvalue weighted by atomic mass is 10.0. The van der Waals surface area contributed by atoms with Gasteiger partial charge in [0, 0.05) is 48.8 Å². The topological polar surface area (TPSA) is 94.6 Å². The summed E-state index contributed by atoms with van der Waals surface area (Å²) in [6.07, 6.45) is 4.55. The number of piperidine rings is 1. The molecule has 3 aliphatic rings. The minimum atomic E-state index is -0.579. The number of carbonyl (C=O) groups is 1. The Kier molecular flexibility index (Phi) is 6.34. The number of hydrogen-bond donors (Lipinski definition) is 1. The Labute approximate surface area is 260 Å². The second-order valence-corrected chi connectivity index (χ2v) is 13.0. The van der Waals surface area contributed by atoms with Gasteiger partial charge in [-0.2, -0.15) is 0 Å². The number of hydrogen-bond acceptors (Lipinski definition) is 6. The van der Waals surface area contributed by atoms with Gasteiger partial charge in [-0.3, -0.25) is 4.79 Å². The number of amides is 1. The summed E-state index contributed by atoms with van der Waals surface area (Å²) in [7, 11) is 5.02. The van der Waals surface area contributed by atoms with Crippen molar-refractivity contribution >= 4 is 28.0 Å². The quantitative estimate of drug-likeness (QED) is 0.230. The number of pyridine rings is 1. The molecule has 4 heterocycles. The van der Waals surface area contributed by atoms with E-state index in [0.717, 1.165) is 66.5 Å². The first-order chi connectivity index (χ1) is 21.7. The Balaban J connectivity index is 1.24. The molecular weight excluding hydrogens is 573 g/mol. The first-order valence-corrected chi connectivity index (χ1v) is 15.7. The second-order valence-electron chi connectivity index (χ2n) is 13.0. The largest absolute Gasteiger partial charge is 0.504 e. The number of imidazole rings is 1. The molecular formula is C35H36FN5O4. The molecule has 3 fully saturated rings. The number of carbonyl (C=O) groups excluding carboxylic acids is 1. The monoisotopic (exact) mass is 609 g/mol. The van der Waals surface area contributed by atoms with Crippen molar-refractivity contribution in [2.75, 3.05) is 20.8 Å². The third-order valence-electron chi connectivity index (χ3n) is 10.3. The molecule has 232 valence electrons. The second kappa shape index (κ2) is 10.2. The molecule has 2 unspecified atom stereocenters. The molecule has 2 saturated carbocycles. The number of nitrogens with zero attached hydrogens (tertiary/aromatic N) is 5. The van der Waals surface area contributed by atoms with Crippen LogP contribution in [0.2, 0.25) is 0 Å². The SMILES string of the molecule is COc1cc(-c2ccc3cc(-c4nc5cc(C(=O)N6CC7CCC6[C@@H]7C)cc(OC)c5n4C)n(CC4CC4)c3n2)c(F)cc1O. The number of halogens is 1. The molecule has 3 aromatic heterocycles. The summed E-state index contributed by atoms with van der Waals surface area (Å²) in [5.74, 6) is 2.38. The molecule has 10 heteroatoms. The van der Waals surface area contributed by atoms with Crippen LogP contribution < -0.4 is 9.47 Å². The average Bonchev–Trinajstić information content (AvgIpc) is 3.44. The summed E-state index contributed by atoms with van der Waals surface area (Å²) >= 11 is 0. The van der Waals surface area contributed by atoms with E-state index in [1.54, 1.807) is 13.2 Å². The van der Waals surface area contributed by atoms with Gasteiger partial charge >= 0.3 is 0 Å². The zero-order chi connectivity index (χ0) is 31.1. The van der Waals surface area contributed by atoms with E-state index in [1.165, 1.54) is 19.6 Å². The number of phenolic OH excluding ortho intramolecular Hbond substituents is 1. The molecule has 1 saturated heterocycles. The lowest BCUT2D eigenvalue weighted by molar-refractivity contribution is 0.0696. The predicted molar refractivity (Wildman–Crippen MR) is 169 cm³/mol. The average molecular weight is 610 g/mol. The number of phenols is 1. The van der Waals surface area contributed by atoms with Crippen LogP contribution in [0.5, 0.6) is 17.2 Å². The first kappa shape index (κ1) is 27.9. The lowest BCUT2D eigenvalue weighted by Gasteiger charge is -2.27. The van der Waals surface area contributed by atoms with Gasteiger partial charge in [-0.05, 0) is 79.8 Å². The van der Waals surface area contributed by atoms with E-state index in [1.807, 2.05) is 34.7 Å². The van der Waals surface area contributed by atoms with E-state index < -0.39 is 5.82 Å². The van der Waals surface area contributed by atoms with Crippen molar-refractivity contribution in [1.82, 2.24) is 24.0 Å². The molecule has 1 amide bonds. The first-order valence-electron chi connectivity index (χ1n) is 15.7. The van der Waals surface area contributed by atoms with Gasteiger partial charge in [-0.15, -0.1) is 0 Å². The van der Waals surface area contributed by atoms with Crippen molar-refractivity contribution < 1.29 is 23.8 Å². The Bertz CT molecular complexity index is 2010. The standard InChI is InChI=1S/C35H36FN5O4/c1-18-21-8-10-27(18)41(17-21)35(43)22-11-26-32(31(13-22)45-4)39(2)34(38-26)28-12-20-7-9-25(37-33(20)40(28)16-19-5-6-19)23-14-30(44-3)29(42)15-24(23)36/h7,9,11-15,18-19,21,27,42H,5-6,8,10,16-17H2,1-4H3/t18-,21?,27?/m1/s1. The molecule has 8 rings (SSSR count). The smallest absolute Gasteiger partial charge is 0.254 e. The normalized spacial score (nSPS) is 20.9. The highest BCUT2D eigenvalue weighted by molar-refractivity contribution is 6.00. The summed E-state index contributed by atoms with van der Waals surface area (Å²) in [6, 6.07) is 12.4. The minimum Gasteiger partial charge on any atom is -0.504 e. The maximum absolute atomic E-state index is 15.0. The van der Waals surface area contributed by atoms with Gasteiger partial charge in [0.05, 0.1) is 31.1 Å². The highest BCUT2D eigenvalue weighted by Crippen LogP contribution is 2.44. The van der Waals surface area contributed by atoms with Crippen molar-refractivity contribution in [2.24, 2.45) is 24.8 Å². The number of aromatic hydroxyl groups is 1. The number of methoxy groups -OCH3 is 2. The number of aryl methyl sites for hydroxylation is 1. The summed E-state index contributed by atoms with van der Waals surface area (Å²) < 4.78 is 30.3. The molecule has 5 aromatic rings. The summed E-state index contributed by atoms with van der Waals surface area (Å²) in [5.41, 5.74) is 4.43. The van der Waals surface area contributed by atoms with Gasteiger partial charge in [0.2, 0.25) is 0 Å². The van der Waals surface area contributed by atoms with Gasteiger partial charge in [0.15, 0.2) is 17.3 Å². The number of rotatable bonds is 7. The fourth-order valence-corrected chi connectivity index (χ4v) is 7.64. The van der Waals surface area contributed by atoms with Crippen LogP contribution >= 0.6 is 0 Å². The van der Waals surface area contributed by atoms with Crippen LogP contribution in [0.1, 0.15) is 43.0 Å². The van der Waals surface area contributed by atoms with E-state index >= 15 is 4.39 Å². The Hall–Kier alpha value is -4.60. The zero-order valence-corrected chi connectivity index (χ0v) is 25.9. The Morgan fingerprint density at radius 3 is 2.51 bits per heavy atom. The van der Waals surface area contributed by atoms with Gasteiger partial charge in [0.25, 0.3) is 5.91 Å². The van der Waals surface area contributed by atoms with E-state index in [2.05, 4.69) is 17.6 Å². The number of likely N-dealkylation sites (tertiary alicyclic amines) is 1. The highest BCUT2D eigenvalue weighted by atomic mass is 19.1. The van der Waals surface area contributed by atoms with Gasteiger partial charge < -0.3 is 28.6 Å². The molecule has 1 N–H and O–H groups in total. The van der Waals surface area contributed by atoms with E-state index in [-0.39, 0.29) is 23.0 Å². The van der Waals surface area contributed by atoms with Crippen molar-refractivity contribution in [3.63, 3.8) is 0 Å². The van der Waals surface area contributed by atoms with Crippen LogP contribution in [0.25, 0.3) is 44.8 Å². The maximum Gasteiger partial charge on any atom is 0.254 e. The summed E-state index contributed by atoms with van der Waals surface area (Å²) in [6.45, 7) is 3.84. The molecule has 2 bridgehead atoms. The van der Waals surface area contributed by atoms with E-state index in [4.69, 9.17) is 19.4 Å².